The topological polar surface area (TPSA) is 68.3 Å². The number of aromatic nitrogens is 2. The fourth-order valence-corrected chi connectivity index (χ4v) is 4.29. The number of nitrogens with zero attached hydrogens (tertiary/aromatic N) is 2. The van der Waals surface area contributed by atoms with Crippen molar-refractivity contribution in [3.05, 3.63) is 64.4 Å². The largest absolute Gasteiger partial charge is 0.486 e. The maximum atomic E-state index is 14.3. The fourth-order valence-electron chi connectivity index (χ4n) is 3.17. The molecule has 0 aliphatic carbocycles. The molecule has 3 heterocycles. The van der Waals surface area contributed by atoms with Crippen LogP contribution in [0, 0.1) is 5.82 Å². The average molecular weight is 443 g/mol. The number of thiophene rings is 1. The molecule has 0 radical (unpaired) electrons. The molecular weight excluding hydrogens is 427 g/mol. The summed E-state index contributed by atoms with van der Waals surface area (Å²) in [6.07, 6.45) is 1.14. The first kappa shape index (κ1) is 18.9. The van der Waals surface area contributed by atoms with Crippen LogP contribution in [0.4, 0.5) is 21.8 Å². The molecule has 9 heteroatoms. The van der Waals surface area contributed by atoms with Crippen LogP contribution in [0.15, 0.2) is 48.0 Å². The van der Waals surface area contributed by atoms with Crippen molar-refractivity contribution in [3.8, 4) is 11.5 Å². The molecule has 4 aromatic rings. The zero-order valence-corrected chi connectivity index (χ0v) is 17.2. The first-order valence-electron chi connectivity index (χ1n) is 9.24. The number of ether oxygens (including phenoxy) is 2. The highest BCUT2D eigenvalue weighted by atomic mass is 35.5. The summed E-state index contributed by atoms with van der Waals surface area (Å²) in [6.45, 7) is 1.44. The monoisotopic (exact) mass is 442 g/mol. The van der Waals surface area contributed by atoms with E-state index >= 15 is 0 Å². The van der Waals surface area contributed by atoms with Gasteiger partial charge in [0.05, 0.1) is 6.20 Å². The van der Waals surface area contributed by atoms with Crippen LogP contribution in [-0.4, -0.2) is 23.2 Å². The lowest BCUT2D eigenvalue weighted by Crippen LogP contribution is -2.15. The highest BCUT2D eigenvalue weighted by molar-refractivity contribution is 7.17. The van der Waals surface area contributed by atoms with E-state index in [1.807, 2.05) is 35.7 Å². The summed E-state index contributed by atoms with van der Waals surface area (Å²) in [5.41, 5.74) is 1.74. The van der Waals surface area contributed by atoms with Crippen molar-refractivity contribution < 1.29 is 13.9 Å². The Hall–Kier alpha value is -3.10. The summed E-state index contributed by atoms with van der Waals surface area (Å²) in [7, 11) is 0. The van der Waals surface area contributed by atoms with Crippen LogP contribution in [0.5, 0.6) is 11.5 Å². The van der Waals surface area contributed by atoms with Gasteiger partial charge in [0.15, 0.2) is 23.1 Å². The molecule has 1 aliphatic rings. The number of nitrogens with one attached hydrogen (secondary N) is 2. The Balaban J connectivity index is 1.34. The van der Waals surface area contributed by atoms with Crippen molar-refractivity contribution >= 4 is 50.5 Å². The number of hydrogen-bond donors (Lipinski definition) is 2. The van der Waals surface area contributed by atoms with Gasteiger partial charge in [-0.25, -0.2) is 9.37 Å². The summed E-state index contributed by atoms with van der Waals surface area (Å²) < 4.78 is 26.5. The summed E-state index contributed by atoms with van der Waals surface area (Å²) in [5, 5.41) is 9.87. The zero-order valence-electron chi connectivity index (χ0n) is 15.6. The highest BCUT2D eigenvalue weighted by Gasteiger charge is 2.13. The maximum absolute atomic E-state index is 14.3. The van der Waals surface area contributed by atoms with E-state index in [9.17, 15) is 4.39 Å². The third-order valence-corrected chi connectivity index (χ3v) is 5.85. The Morgan fingerprint density at radius 3 is 2.87 bits per heavy atom. The van der Waals surface area contributed by atoms with Crippen LogP contribution >= 0.6 is 22.9 Å². The molecule has 152 valence electrons. The van der Waals surface area contributed by atoms with Crippen molar-refractivity contribution in [2.75, 3.05) is 23.8 Å². The summed E-state index contributed by atoms with van der Waals surface area (Å²) in [4.78, 5) is 8.30. The Morgan fingerprint density at radius 2 is 1.97 bits per heavy atom. The van der Waals surface area contributed by atoms with E-state index in [1.165, 1.54) is 0 Å². The molecule has 1 aliphatic heterocycles. The van der Waals surface area contributed by atoms with Gasteiger partial charge in [0.25, 0.3) is 0 Å². The van der Waals surface area contributed by atoms with Gasteiger partial charge < -0.3 is 20.1 Å². The molecule has 0 amide bonds. The van der Waals surface area contributed by atoms with Crippen LogP contribution in [0.25, 0.3) is 10.1 Å². The summed E-state index contributed by atoms with van der Waals surface area (Å²) >= 11 is 7.73. The number of fused-ring (bicyclic) bond motifs is 2. The molecule has 0 spiro atoms. The summed E-state index contributed by atoms with van der Waals surface area (Å²) in [6, 6.07) is 11.2. The SMILES string of the molecule is Fc1cnc(Nc2ccc3c(c2)OCCO3)nc1NCc1csc2ccc(Cl)cc12. The predicted octanol–water partition coefficient (Wildman–Crippen LogP) is 5.61. The first-order valence-corrected chi connectivity index (χ1v) is 10.5. The number of benzene rings is 2. The lowest BCUT2D eigenvalue weighted by Gasteiger charge is -2.19. The minimum absolute atomic E-state index is 0.117. The quantitative estimate of drug-likeness (QED) is 0.418. The van der Waals surface area contributed by atoms with Crippen molar-refractivity contribution in [2.24, 2.45) is 0 Å². The van der Waals surface area contributed by atoms with E-state index in [4.69, 9.17) is 21.1 Å². The predicted molar refractivity (Wildman–Crippen MR) is 117 cm³/mol. The van der Waals surface area contributed by atoms with Crippen molar-refractivity contribution in [3.63, 3.8) is 0 Å². The molecule has 2 aromatic carbocycles. The summed E-state index contributed by atoms with van der Waals surface area (Å²) in [5.74, 6) is 1.20. The third kappa shape index (κ3) is 3.83. The van der Waals surface area contributed by atoms with Crippen LogP contribution in [-0.2, 0) is 6.54 Å². The normalized spacial score (nSPS) is 12.7. The first-order chi connectivity index (χ1) is 14.7. The highest BCUT2D eigenvalue weighted by Crippen LogP contribution is 2.33. The van der Waals surface area contributed by atoms with Crippen LogP contribution in [0.3, 0.4) is 0 Å². The van der Waals surface area contributed by atoms with Crippen molar-refractivity contribution in [2.45, 2.75) is 6.54 Å². The van der Waals surface area contributed by atoms with Gasteiger partial charge in [0, 0.05) is 28.0 Å². The second-order valence-electron chi connectivity index (χ2n) is 6.63. The van der Waals surface area contributed by atoms with Crippen LogP contribution in [0.2, 0.25) is 5.02 Å². The smallest absolute Gasteiger partial charge is 0.229 e. The molecule has 0 saturated heterocycles. The van der Waals surface area contributed by atoms with Gasteiger partial charge >= 0.3 is 0 Å². The number of rotatable bonds is 5. The number of anilines is 3. The van der Waals surface area contributed by atoms with Gasteiger partial charge in [0.2, 0.25) is 5.95 Å². The van der Waals surface area contributed by atoms with Gasteiger partial charge in [-0.3, -0.25) is 0 Å². The Bertz CT molecular complexity index is 1230. The van der Waals surface area contributed by atoms with Crippen molar-refractivity contribution in [1.82, 2.24) is 9.97 Å². The lowest BCUT2D eigenvalue weighted by molar-refractivity contribution is 0.171. The molecule has 0 fully saturated rings. The molecule has 6 nitrogen and oxygen atoms in total. The molecule has 2 N–H and O–H groups in total. The Kier molecular flexibility index (Phi) is 5.02. The fraction of sp³-hybridized carbons (Fsp3) is 0.143. The van der Waals surface area contributed by atoms with E-state index in [-0.39, 0.29) is 11.8 Å². The molecule has 2 aromatic heterocycles. The van der Waals surface area contributed by atoms with E-state index in [0.717, 1.165) is 27.5 Å². The number of hydrogen-bond acceptors (Lipinski definition) is 7. The second kappa shape index (κ2) is 7.97. The number of halogens is 2. The van der Waals surface area contributed by atoms with E-state index < -0.39 is 5.82 Å². The molecule has 0 saturated carbocycles. The van der Waals surface area contributed by atoms with Crippen LogP contribution < -0.4 is 20.1 Å². The molecule has 30 heavy (non-hydrogen) atoms. The molecular formula is C21H16ClFN4O2S. The average Bonchev–Trinajstić information content (AvgIpc) is 3.16. The van der Waals surface area contributed by atoms with E-state index in [2.05, 4.69) is 20.6 Å². The van der Waals surface area contributed by atoms with Crippen molar-refractivity contribution in [1.29, 1.82) is 0 Å². The molecule has 0 atom stereocenters. The molecule has 5 rings (SSSR count). The lowest BCUT2D eigenvalue weighted by atomic mass is 10.2. The Morgan fingerprint density at radius 1 is 1.10 bits per heavy atom. The standard InChI is InChI=1S/C21H16ClFN4O2S/c22-13-1-4-19-15(7-13)12(11-30-19)9-24-20-16(23)10-25-21(27-20)26-14-2-3-17-18(8-14)29-6-5-28-17/h1-4,7-8,10-11H,5-6,9H2,(H2,24,25,26,27). The van der Waals surface area contributed by atoms with Gasteiger partial charge in [-0.1, -0.05) is 11.6 Å². The minimum atomic E-state index is -0.528. The van der Waals surface area contributed by atoms with Gasteiger partial charge in [-0.05, 0) is 46.7 Å². The van der Waals surface area contributed by atoms with Gasteiger partial charge in [-0.15, -0.1) is 11.3 Å². The maximum Gasteiger partial charge on any atom is 0.229 e. The van der Waals surface area contributed by atoms with E-state index in [0.29, 0.717) is 36.3 Å². The second-order valence-corrected chi connectivity index (χ2v) is 7.98. The minimum Gasteiger partial charge on any atom is -0.486 e. The zero-order chi connectivity index (χ0) is 20.5. The molecule has 0 unspecified atom stereocenters. The third-order valence-electron chi connectivity index (χ3n) is 4.60. The van der Waals surface area contributed by atoms with E-state index in [1.54, 1.807) is 17.4 Å². The molecule has 0 bridgehead atoms. The van der Waals surface area contributed by atoms with Crippen LogP contribution in [0.1, 0.15) is 5.56 Å². The van der Waals surface area contributed by atoms with Gasteiger partial charge in [-0.2, -0.15) is 4.98 Å². The van der Waals surface area contributed by atoms with Gasteiger partial charge in [0.1, 0.15) is 13.2 Å². The Labute approximate surface area is 180 Å².